The molecule has 2 N–H and O–H groups in total. The minimum absolute atomic E-state index is 0.139. The van der Waals surface area contributed by atoms with E-state index in [0.717, 1.165) is 5.56 Å². The summed E-state index contributed by atoms with van der Waals surface area (Å²) in [6.45, 7) is 4.97. The summed E-state index contributed by atoms with van der Waals surface area (Å²) in [5.41, 5.74) is 7.28. The first-order valence-corrected chi connectivity index (χ1v) is 5.75. The third kappa shape index (κ3) is 1.74. The van der Waals surface area contributed by atoms with Crippen LogP contribution in [0.2, 0.25) is 0 Å². The average Bonchev–Trinajstić information content (AvgIpc) is 2.63. The van der Waals surface area contributed by atoms with E-state index in [1.165, 1.54) is 7.11 Å². The molecule has 5 heteroatoms. The summed E-state index contributed by atoms with van der Waals surface area (Å²) in [4.78, 5) is 11.7. The van der Waals surface area contributed by atoms with Crippen LogP contribution >= 0.6 is 0 Å². The molecular formula is C12H19N3O2. The first-order chi connectivity index (χ1) is 7.93. The van der Waals surface area contributed by atoms with Gasteiger partial charge in [0.25, 0.3) is 0 Å². The monoisotopic (exact) mass is 237 g/mol. The van der Waals surface area contributed by atoms with Gasteiger partial charge >= 0.3 is 5.97 Å². The Bertz CT molecular complexity index is 451. The second kappa shape index (κ2) is 3.84. The van der Waals surface area contributed by atoms with E-state index in [2.05, 4.69) is 18.9 Å². The van der Waals surface area contributed by atoms with Gasteiger partial charge in [0, 0.05) is 18.8 Å². The molecule has 0 radical (unpaired) electrons. The van der Waals surface area contributed by atoms with Crippen LogP contribution in [0.5, 0.6) is 0 Å². The van der Waals surface area contributed by atoms with Crippen molar-refractivity contribution < 1.29 is 9.53 Å². The molecule has 1 aromatic heterocycles. The smallest absolute Gasteiger partial charge is 0.358 e. The third-order valence-corrected chi connectivity index (χ3v) is 3.88. The molecule has 0 spiro atoms. The Hall–Kier alpha value is -1.36. The predicted molar refractivity (Wildman–Crippen MR) is 63.6 cm³/mol. The molecule has 1 aliphatic rings. The molecule has 1 fully saturated rings. The third-order valence-electron chi connectivity index (χ3n) is 3.88. The fourth-order valence-electron chi connectivity index (χ4n) is 2.79. The quantitative estimate of drug-likeness (QED) is 0.793. The summed E-state index contributed by atoms with van der Waals surface area (Å²) < 4.78 is 6.42. The Morgan fingerprint density at radius 3 is 2.76 bits per heavy atom. The van der Waals surface area contributed by atoms with Gasteiger partial charge in [-0.3, -0.25) is 4.68 Å². The Morgan fingerprint density at radius 2 is 2.29 bits per heavy atom. The van der Waals surface area contributed by atoms with E-state index in [0.29, 0.717) is 24.1 Å². The number of nitrogens with zero attached hydrogens (tertiary/aromatic N) is 2. The topological polar surface area (TPSA) is 70.1 Å². The van der Waals surface area contributed by atoms with Crippen LogP contribution in [0.1, 0.15) is 35.8 Å². The lowest BCUT2D eigenvalue weighted by Crippen LogP contribution is -2.07. The fraction of sp³-hybridized carbons (Fsp3) is 0.667. The summed E-state index contributed by atoms with van der Waals surface area (Å²) in [6, 6.07) is 0. The Labute approximate surface area is 101 Å². The zero-order chi connectivity index (χ0) is 12.8. The highest BCUT2D eigenvalue weighted by Crippen LogP contribution is 2.64. The molecule has 5 nitrogen and oxygen atoms in total. The summed E-state index contributed by atoms with van der Waals surface area (Å²) in [5.74, 6) is 0.337. The number of ether oxygens (including phenoxy) is 1. The van der Waals surface area contributed by atoms with Crippen LogP contribution in [0.15, 0.2) is 6.20 Å². The first kappa shape index (κ1) is 12.1. The zero-order valence-corrected chi connectivity index (χ0v) is 10.7. The van der Waals surface area contributed by atoms with Crippen LogP contribution in [0.4, 0.5) is 0 Å². The van der Waals surface area contributed by atoms with E-state index in [9.17, 15) is 4.79 Å². The molecule has 2 rings (SSSR count). The van der Waals surface area contributed by atoms with Gasteiger partial charge < -0.3 is 10.5 Å². The van der Waals surface area contributed by atoms with Crippen LogP contribution in [0, 0.1) is 11.3 Å². The van der Waals surface area contributed by atoms with E-state index in [1.54, 1.807) is 4.68 Å². The molecule has 17 heavy (non-hydrogen) atoms. The van der Waals surface area contributed by atoms with Crippen LogP contribution in [0.3, 0.4) is 0 Å². The standard InChI is InChI=1S/C12H19N3O2/c1-12(2)8(5-13)9(12)7-6-15(3)14-10(7)11(16)17-4/h6,8-9H,5,13H2,1-4H3. The maximum atomic E-state index is 11.7. The molecule has 0 amide bonds. The molecule has 1 heterocycles. The second-order valence-corrected chi connectivity index (χ2v) is 5.24. The van der Waals surface area contributed by atoms with Crippen molar-refractivity contribution in [3.05, 3.63) is 17.5 Å². The Kier molecular flexibility index (Phi) is 2.73. The maximum absolute atomic E-state index is 11.7. The van der Waals surface area contributed by atoms with E-state index in [-0.39, 0.29) is 11.4 Å². The number of carbonyl (C=O) groups excluding carboxylic acids is 1. The van der Waals surface area contributed by atoms with Crippen molar-refractivity contribution in [2.24, 2.45) is 24.1 Å². The van der Waals surface area contributed by atoms with Gasteiger partial charge in [0.1, 0.15) is 0 Å². The maximum Gasteiger partial charge on any atom is 0.358 e. The average molecular weight is 237 g/mol. The molecule has 1 aliphatic carbocycles. The van der Waals surface area contributed by atoms with Crippen LogP contribution in [0.25, 0.3) is 0 Å². The number of aromatic nitrogens is 2. The summed E-state index contributed by atoms with van der Waals surface area (Å²) in [5, 5.41) is 4.18. The lowest BCUT2D eigenvalue weighted by Gasteiger charge is -2.02. The number of esters is 1. The van der Waals surface area contributed by atoms with Gasteiger partial charge in [0.05, 0.1) is 7.11 Å². The molecule has 94 valence electrons. The summed E-state index contributed by atoms with van der Waals surface area (Å²) in [6.07, 6.45) is 1.90. The summed E-state index contributed by atoms with van der Waals surface area (Å²) >= 11 is 0. The SMILES string of the molecule is COC(=O)c1nn(C)cc1C1C(CN)C1(C)C. The fourth-order valence-corrected chi connectivity index (χ4v) is 2.79. The van der Waals surface area contributed by atoms with Crippen molar-refractivity contribution >= 4 is 5.97 Å². The Balaban J connectivity index is 2.37. The predicted octanol–water partition coefficient (Wildman–Crippen LogP) is 0.905. The van der Waals surface area contributed by atoms with Gasteiger partial charge in [0.2, 0.25) is 0 Å². The lowest BCUT2D eigenvalue weighted by molar-refractivity contribution is 0.0591. The second-order valence-electron chi connectivity index (χ2n) is 5.24. The largest absolute Gasteiger partial charge is 0.464 e. The molecule has 2 atom stereocenters. The lowest BCUT2D eigenvalue weighted by atomic mass is 10.0. The summed E-state index contributed by atoms with van der Waals surface area (Å²) in [7, 11) is 3.18. The molecule has 0 saturated heterocycles. The van der Waals surface area contributed by atoms with Crippen molar-refractivity contribution in [1.29, 1.82) is 0 Å². The number of rotatable bonds is 3. The van der Waals surface area contributed by atoms with Gasteiger partial charge in [-0.25, -0.2) is 4.79 Å². The van der Waals surface area contributed by atoms with Gasteiger partial charge in [0.15, 0.2) is 5.69 Å². The molecule has 0 bridgehead atoms. The minimum atomic E-state index is -0.376. The molecule has 0 aliphatic heterocycles. The highest BCUT2D eigenvalue weighted by molar-refractivity contribution is 5.89. The van der Waals surface area contributed by atoms with Crippen LogP contribution in [-0.2, 0) is 11.8 Å². The molecule has 1 saturated carbocycles. The molecule has 1 aromatic rings. The number of carbonyl (C=O) groups is 1. The van der Waals surface area contributed by atoms with Crippen molar-refractivity contribution in [3.63, 3.8) is 0 Å². The van der Waals surface area contributed by atoms with Crippen molar-refractivity contribution in [2.45, 2.75) is 19.8 Å². The van der Waals surface area contributed by atoms with Gasteiger partial charge in [-0.15, -0.1) is 0 Å². The van der Waals surface area contributed by atoms with Gasteiger partial charge in [-0.1, -0.05) is 13.8 Å². The zero-order valence-electron chi connectivity index (χ0n) is 10.7. The highest BCUT2D eigenvalue weighted by Gasteiger charge is 2.58. The van der Waals surface area contributed by atoms with E-state index >= 15 is 0 Å². The first-order valence-electron chi connectivity index (χ1n) is 5.75. The minimum Gasteiger partial charge on any atom is -0.464 e. The highest BCUT2D eigenvalue weighted by atomic mass is 16.5. The van der Waals surface area contributed by atoms with Crippen LogP contribution in [-0.4, -0.2) is 29.4 Å². The number of hydrogen-bond donors (Lipinski definition) is 1. The Morgan fingerprint density at radius 1 is 1.65 bits per heavy atom. The van der Waals surface area contributed by atoms with Crippen molar-refractivity contribution in [1.82, 2.24) is 9.78 Å². The number of nitrogens with two attached hydrogens (primary N) is 1. The van der Waals surface area contributed by atoms with Gasteiger partial charge in [-0.2, -0.15) is 5.10 Å². The number of methoxy groups -OCH3 is 1. The molecular weight excluding hydrogens is 218 g/mol. The van der Waals surface area contributed by atoms with E-state index < -0.39 is 0 Å². The van der Waals surface area contributed by atoms with E-state index in [4.69, 9.17) is 10.5 Å². The van der Waals surface area contributed by atoms with E-state index in [1.807, 2.05) is 13.2 Å². The van der Waals surface area contributed by atoms with Crippen LogP contribution < -0.4 is 5.73 Å². The van der Waals surface area contributed by atoms with Crippen molar-refractivity contribution in [2.75, 3.05) is 13.7 Å². The number of hydrogen-bond acceptors (Lipinski definition) is 4. The molecule has 2 unspecified atom stereocenters. The molecule has 0 aromatic carbocycles. The normalized spacial score (nSPS) is 25.7. The van der Waals surface area contributed by atoms with Gasteiger partial charge in [-0.05, 0) is 23.8 Å². The number of aryl methyl sites for hydroxylation is 1. The van der Waals surface area contributed by atoms with Crippen molar-refractivity contribution in [3.8, 4) is 0 Å².